The van der Waals surface area contributed by atoms with Crippen LogP contribution in [0.15, 0.2) is 12.1 Å². The van der Waals surface area contributed by atoms with Crippen molar-refractivity contribution < 1.29 is 13.9 Å². The third kappa shape index (κ3) is 3.57. The summed E-state index contributed by atoms with van der Waals surface area (Å²) in [6.45, 7) is 1.85. The van der Waals surface area contributed by atoms with Gasteiger partial charge in [0, 0.05) is 6.07 Å². The van der Waals surface area contributed by atoms with Crippen LogP contribution in [0.3, 0.4) is 0 Å². The minimum Gasteiger partial charge on any atom is -0.465 e. The second-order valence-corrected chi connectivity index (χ2v) is 3.45. The molecule has 0 radical (unpaired) electrons. The maximum absolute atomic E-state index is 13.1. The molecule has 0 aliphatic carbocycles. The zero-order chi connectivity index (χ0) is 12.8. The first kappa shape index (κ1) is 13.2. The van der Waals surface area contributed by atoms with Gasteiger partial charge in [0.25, 0.3) is 0 Å². The summed E-state index contributed by atoms with van der Waals surface area (Å²) in [6, 6.07) is 2.18. The molecule has 0 amide bonds. The molecule has 1 N–H and O–H groups in total. The summed E-state index contributed by atoms with van der Waals surface area (Å²) in [7, 11) is 0. The highest BCUT2D eigenvalue weighted by Crippen LogP contribution is 2.29. The molecule has 5 nitrogen and oxygen atoms in total. The molecule has 0 saturated heterocycles. The number of anilines is 1. The van der Waals surface area contributed by atoms with Gasteiger partial charge in [-0.15, -0.1) is 0 Å². The summed E-state index contributed by atoms with van der Waals surface area (Å²) in [5, 5.41) is 11.3. The summed E-state index contributed by atoms with van der Waals surface area (Å²) in [5.41, 5.74) is 0.0229. The molecule has 0 atom stereocenters. The van der Waals surface area contributed by atoms with Gasteiger partial charge in [-0.25, -0.2) is 0 Å². The number of hydrogen-bond acceptors (Lipinski definition) is 4. The standard InChI is InChI=1S/C10H10ClFN3O2/c1-2-17-10(16)5-14-8-4-9(15-13)7(12)3-6(8)11/h3-4,14H,2,5H2,1H3/q+1. The maximum atomic E-state index is 13.1. The van der Waals surface area contributed by atoms with Gasteiger partial charge in [-0.05, 0) is 6.92 Å². The number of diazo groups is 1. The Hall–Kier alpha value is -1.87. The fourth-order valence-corrected chi connectivity index (χ4v) is 1.35. The third-order valence-corrected chi connectivity index (χ3v) is 2.19. The molecular formula is C10H10ClFN3O2+. The van der Waals surface area contributed by atoms with Crippen molar-refractivity contribution in [2.45, 2.75) is 6.92 Å². The Morgan fingerprint density at radius 2 is 2.35 bits per heavy atom. The number of rotatable bonds is 4. The number of nitrogens with zero attached hydrogens (tertiary/aromatic N) is 2. The number of carbonyl (C=O) groups excluding carboxylic acids is 1. The summed E-state index contributed by atoms with van der Waals surface area (Å²) < 4.78 is 17.8. The smallest absolute Gasteiger partial charge is 0.422 e. The van der Waals surface area contributed by atoms with Crippen molar-refractivity contribution in [3.63, 3.8) is 0 Å². The van der Waals surface area contributed by atoms with E-state index >= 15 is 0 Å². The van der Waals surface area contributed by atoms with E-state index in [1.54, 1.807) is 6.92 Å². The minimum atomic E-state index is -0.751. The van der Waals surface area contributed by atoms with Crippen LogP contribution in [0.2, 0.25) is 5.02 Å². The van der Waals surface area contributed by atoms with Crippen molar-refractivity contribution in [2.75, 3.05) is 18.5 Å². The van der Waals surface area contributed by atoms with E-state index in [4.69, 9.17) is 21.7 Å². The van der Waals surface area contributed by atoms with E-state index in [0.717, 1.165) is 6.07 Å². The second-order valence-electron chi connectivity index (χ2n) is 3.04. The van der Waals surface area contributed by atoms with Crippen LogP contribution >= 0.6 is 11.6 Å². The van der Waals surface area contributed by atoms with E-state index in [0.29, 0.717) is 0 Å². The predicted octanol–water partition coefficient (Wildman–Crippen LogP) is 2.94. The van der Waals surface area contributed by atoms with Gasteiger partial charge in [0.05, 0.1) is 23.4 Å². The Balaban J connectivity index is 2.78. The summed E-state index contributed by atoms with van der Waals surface area (Å²) in [6.07, 6.45) is 0. The molecule has 7 heteroatoms. The van der Waals surface area contributed by atoms with Crippen LogP contribution in [0.4, 0.5) is 15.8 Å². The molecular weight excluding hydrogens is 249 g/mol. The molecule has 0 aliphatic heterocycles. The fourth-order valence-electron chi connectivity index (χ4n) is 1.13. The van der Waals surface area contributed by atoms with E-state index in [9.17, 15) is 9.18 Å². The molecule has 0 heterocycles. The average molecular weight is 259 g/mol. The number of ether oxygens (including phenoxy) is 1. The van der Waals surface area contributed by atoms with Gasteiger partial charge in [-0.2, -0.15) is 4.39 Å². The minimum absolute atomic E-state index is 0.0826. The highest BCUT2D eigenvalue weighted by Gasteiger charge is 2.18. The number of hydrogen-bond donors (Lipinski definition) is 1. The first-order valence-corrected chi connectivity index (χ1v) is 5.20. The van der Waals surface area contributed by atoms with Crippen molar-refractivity contribution >= 4 is 28.9 Å². The summed E-state index contributed by atoms with van der Waals surface area (Å²) >= 11 is 5.74. The van der Waals surface area contributed by atoms with Gasteiger partial charge in [0.2, 0.25) is 11.2 Å². The van der Waals surface area contributed by atoms with E-state index in [1.807, 2.05) is 0 Å². The van der Waals surface area contributed by atoms with Gasteiger partial charge in [0.1, 0.15) is 6.54 Å². The highest BCUT2D eigenvalue weighted by atomic mass is 35.5. The maximum Gasteiger partial charge on any atom is 0.422 e. The van der Waals surface area contributed by atoms with Crippen LogP contribution in [-0.4, -0.2) is 19.1 Å². The van der Waals surface area contributed by atoms with Crippen molar-refractivity contribution in [3.8, 4) is 0 Å². The third-order valence-electron chi connectivity index (χ3n) is 1.87. The molecule has 1 rings (SSSR count). The number of nitrogens with one attached hydrogen (secondary N) is 1. The quantitative estimate of drug-likeness (QED) is 0.666. The summed E-state index contributed by atoms with van der Waals surface area (Å²) in [4.78, 5) is 13.8. The lowest BCUT2D eigenvalue weighted by molar-refractivity contribution is -0.140. The summed E-state index contributed by atoms with van der Waals surface area (Å²) in [5.74, 6) is -1.21. The van der Waals surface area contributed by atoms with Crippen molar-refractivity contribution in [3.05, 3.63) is 27.9 Å². The molecule has 0 spiro atoms. The average Bonchev–Trinajstić information content (AvgIpc) is 2.28. The lowest BCUT2D eigenvalue weighted by Crippen LogP contribution is -2.16. The van der Waals surface area contributed by atoms with Gasteiger partial charge in [-0.1, -0.05) is 11.6 Å². The number of halogens is 2. The van der Waals surface area contributed by atoms with Crippen LogP contribution in [-0.2, 0) is 9.53 Å². The molecule has 17 heavy (non-hydrogen) atoms. The Kier molecular flexibility index (Phi) is 4.67. The lowest BCUT2D eigenvalue weighted by Gasteiger charge is -2.06. The van der Waals surface area contributed by atoms with Crippen molar-refractivity contribution in [1.82, 2.24) is 0 Å². The molecule has 0 bridgehead atoms. The molecule has 0 saturated carbocycles. The van der Waals surface area contributed by atoms with Crippen LogP contribution < -0.4 is 5.32 Å². The van der Waals surface area contributed by atoms with E-state index in [1.165, 1.54) is 6.07 Å². The zero-order valence-electron chi connectivity index (χ0n) is 9.04. The second kappa shape index (κ2) is 6.01. The Labute approximate surface area is 102 Å². The van der Waals surface area contributed by atoms with Gasteiger partial charge >= 0.3 is 11.7 Å². The van der Waals surface area contributed by atoms with Crippen molar-refractivity contribution in [2.24, 2.45) is 0 Å². The predicted molar refractivity (Wildman–Crippen MR) is 61.3 cm³/mol. The van der Waals surface area contributed by atoms with Gasteiger partial charge in [0.15, 0.2) is 4.98 Å². The molecule has 0 aromatic heterocycles. The number of benzene rings is 1. The largest absolute Gasteiger partial charge is 0.465 e. The van der Waals surface area contributed by atoms with Crippen LogP contribution in [0.25, 0.3) is 4.98 Å². The zero-order valence-corrected chi connectivity index (χ0v) is 9.79. The van der Waals surface area contributed by atoms with Gasteiger partial charge in [-0.3, -0.25) is 4.79 Å². The lowest BCUT2D eigenvalue weighted by atomic mass is 10.2. The fraction of sp³-hybridized carbons (Fsp3) is 0.300. The topological polar surface area (TPSA) is 66.5 Å². The SMILES string of the molecule is CCOC(=O)CNc1cc([N+]#N)c(F)cc1Cl. The molecule has 0 aliphatic rings. The van der Waals surface area contributed by atoms with Crippen LogP contribution in [0.5, 0.6) is 0 Å². The van der Waals surface area contributed by atoms with Gasteiger partial charge < -0.3 is 10.1 Å². The van der Waals surface area contributed by atoms with E-state index in [2.05, 4.69) is 10.3 Å². The van der Waals surface area contributed by atoms with Crippen molar-refractivity contribution in [1.29, 1.82) is 5.39 Å². The monoisotopic (exact) mass is 258 g/mol. The van der Waals surface area contributed by atoms with Crippen LogP contribution in [0, 0.1) is 11.2 Å². The van der Waals surface area contributed by atoms with E-state index in [-0.39, 0.29) is 29.5 Å². The molecule has 1 aromatic carbocycles. The Bertz CT molecular complexity index is 473. The highest BCUT2D eigenvalue weighted by molar-refractivity contribution is 6.33. The van der Waals surface area contributed by atoms with E-state index < -0.39 is 11.8 Å². The first-order valence-electron chi connectivity index (χ1n) is 4.82. The molecule has 0 unspecified atom stereocenters. The van der Waals surface area contributed by atoms with Crippen LogP contribution in [0.1, 0.15) is 6.92 Å². The number of esters is 1. The Morgan fingerprint density at radius 3 is 2.94 bits per heavy atom. The molecule has 0 fully saturated rings. The molecule has 90 valence electrons. The Morgan fingerprint density at radius 1 is 1.65 bits per heavy atom. The normalized spacial score (nSPS) is 9.53. The molecule has 1 aromatic rings. The number of carbonyl (C=O) groups is 1. The first-order chi connectivity index (χ1) is 8.08.